The Bertz CT molecular complexity index is 525. The fourth-order valence-corrected chi connectivity index (χ4v) is 2.07. The number of likely N-dealkylation sites (tertiary alicyclic amines) is 1. The van der Waals surface area contributed by atoms with E-state index in [9.17, 15) is 14.4 Å². The van der Waals surface area contributed by atoms with Crippen molar-refractivity contribution in [3.8, 4) is 0 Å². The molecule has 0 saturated carbocycles. The Balaban J connectivity index is 1.63. The third-order valence-corrected chi connectivity index (χ3v) is 3.08. The van der Waals surface area contributed by atoms with E-state index in [4.69, 9.17) is 0 Å². The highest BCUT2D eigenvalue weighted by Crippen LogP contribution is 2.20. The molecule has 0 radical (unpaired) electrons. The summed E-state index contributed by atoms with van der Waals surface area (Å²) in [5.74, 6) is -0.619. The second-order valence-electron chi connectivity index (χ2n) is 4.27. The first-order chi connectivity index (χ1) is 9.16. The van der Waals surface area contributed by atoms with Crippen LogP contribution in [0.1, 0.15) is 10.5 Å². The lowest BCUT2D eigenvalue weighted by molar-refractivity contribution is -0.129. The van der Waals surface area contributed by atoms with Gasteiger partial charge in [0.1, 0.15) is 5.69 Å². The van der Waals surface area contributed by atoms with E-state index >= 15 is 0 Å². The lowest BCUT2D eigenvalue weighted by Crippen LogP contribution is -2.62. The highest BCUT2D eigenvalue weighted by molar-refractivity contribution is 5.99. The van der Waals surface area contributed by atoms with Crippen LogP contribution in [0.2, 0.25) is 0 Å². The second kappa shape index (κ2) is 4.30. The van der Waals surface area contributed by atoms with Crippen LogP contribution in [0, 0.1) is 0 Å². The Morgan fingerprint density at radius 1 is 1.32 bits per heavy atom. The fraction of sp³-hybridized carbons (Fsp3) is 0.364. The van der Waals surface area contributed by atoms with Crippen LogP contribution in [-0.4, -0.2) is 63.4 Å². The molecule has 1 aromatic rings. The maximum Gasteiger partial charge on any atom is 0.417 e. The molecule has 3 heterocycles. The van der Waals surface area contributed by atoms with Gasteiger partial charge in [-0.1, -0.05) is 0 Å². The molecule has 8 nitrogen and oxygen atoms in total. The van der Waals surface area contributed by atoms with Crippen LogP contribution in [0.3, 0.4) is 0 Å². The lowest BCUT2D eigenvalue weighted by atomic mass is 10.1. The number of rotatable bonds is 2. The Hall–Kier alpha value is -2.51. The lowest BCUT2D eigenvalue weighted by Gasteiger charge is -2.41. The first-order valence-electron chi connectivity index (χ1n) is 5.71. The predicted octanol–water partition coefficient (Wildman–Crippen LogP) is -0.720. The first kappa shape index (κ1) is 11.6. The molecule has 0 N–H and O–H groups in total. The topological polar surface area (TPSA) is 92.7 Å². The molecule has 3 rings (SSSR count). The number of carbonyl (C=O) groups excluding carboxylic acids is 3. The van der Waals surface area contributed by atoms with Crippen molar-refractivity contribution in [1.82, 2.24) is 19.8 Å². The van der Waals surface area contributed by atoms with Gasteiger partial charge in [-0.2, -0.15) is 0 Å². The molecule has 0 spiro atoms. The zero-order chi connectivity index (χ0) is 13.4. The summed E-state index contributed by atoms with van der Waals surface area (Å²) >= 11 is 0. The van der Waals surface area contributed by atoms with Gasteiger partial charge in [0.05, 0.1) is 12.2 Å². The maximum absolute atomic E-state index is 12.0. The summed E-state index contributed by atoms with van der Waals surface area (Å²) in [6.07, 6.45) is 3.66. The summed E-state index contributed by atoms with van der Waals surface area (Å²) in [4.78, 5) is 45.0. The van der Waals surface area contributed by atoms with Gasteiger partial charge in [0.25, 0.3) is 11.8 Å². The number of imide groups is 1. The minimum Gasteiger partial charge on any atom is -0.439 e. The molecule has 2 fully saturated rings. The van der Waals surface area contributed by atoms with Crippen LogP contribution in [0.25, 0.3) is 0 Å². The summed E-state index contributed by atoms with van der Waals surface area (Å²) in [7, 11) is 0. The van der Waals surface area contributed by atoms with Crippen molar-refractivity contribution in [2.75, 3.05) is 19.7 Å². The van der Waals surface area contributed by atoms with Gasteiger partial charge in [-0.25, -0.2) is 14.7 Å². The van der Waals surface area contributed by atoms with E-state index in [1.54, 1.807) is 0 Å². The molecule has 0 bridgehead atoms. The number of cyclic esters (lactones) is 1. The third kappa shape index (κ3) is 1.90. The van der Waals surface area contributed by atoms with E-state index in [0.29, 0.717) is 13.1 Å². The molecule has 19 heavy (non-hydrogen) atoms. The predicted molar refractivity (Wildman–Crippen MR) is 59.9 cm³/mol. The van der Waals surface area contributed by atoms with Crippen molar-refractivity contribution in [3.05, 3.63) is 24.3 Å². The van der Waals surface area contributed by atoms with Gasteiger partial charge in [0.15, 0.2) is 6.61 Å². The van der Waals surface area contributed by atoms with Crippen LogP contribution < -0.4 is 0 Å². The van der Waals surface area contributed by atoms with Gasteiger partial charge in [0.2, 0.25) is 0 Å². The number of aromatic nitrogens is 2. The van der Waals surface area contributed by atoms with Crippen molar-refractivity contribution < 1.29 is 19.1 Å². The molecule has 8 heteroatoms. The van der Waals surface area contributed by atoms with Gasteiger partial charge in [-0.15, -0.1) is 0 Å². The minimum atomic E-state index is -0.637. The molecule has 2 aliphatic heterocycles. The zero-order valence-corrected chi connectivity index (χ0v) is 9.85. The van der Waals surface area contributed by atoms with Gasteiger partial charge in [-0.3, -0.25) is 14.6 Å². The summed E-state index contributed by atoms with van der Waals surface area (Å²) < 4.78 is 4.63. The van der Waals surface area contributed by atoms with E-state index in [-0.39, 0.29) is 30.2 Å². The van der Waals surface area contributed by atoms with Crippen molar-refractivity contribution in [2.24, 2.45) is 0 Å². The molecule has 0 aromatic carbocycles. The minimum absolute atomic E-state index is 0.215. The smallest absolute Gasteiger partial charge is 0.417 e. The average Bonchev–Trinajstić information content (AvgIpc) is 2.70. The number of nitrogens with zero attached hydrogens (tertiary/aromatic N) is 4. The van der Waals surface area contributed by atoms with Crippen molar-refractivity contribution in [1.29, 1.82) is 0 Å². The average molecular weight is 262 g/mol. The van der Waals surface area contributed by atoms with Crippen LogP contribution >= 0.6 is 0 Å². The first-order valence-corrected chi connectivity index (χ1v) is 5.71. The van der Waals surface area contributed by atoms with Crippen molar-refractivity contribution >= 4 is 17.9 Å². The monoisotopic (exact) mass is 262 g/mol. The summed E-state index contributed by atoms with van der Waals surface area (Å²) in [5, 5.41) is 0. The Morgan fingerprint density at radius 3 is 2.68 bits per heavy atom. The molecule has 2 saturated heterocycles. The maximum atomic E-state index is 12.0. The Kier molecular flexibility index (Phi) is 2.62. The molecule has 0 atom stereocenters. The van der Waals surface area contributed by atoms with E-state index in [1.807, 2.05) is 0 Å². The van der Waals surface area contributed by atoms with Crippen molar-refractivity contribution in [2.45, 2.75) is 6.04 Å². The largest absolute Gasteiger partial charge is 0.439 e. The van der Waals surface area contributed by atoms with Crippen LogP contribution in [0.5, 0.6) is 0 Å². The highest BCUT2D eigenvalue weighted by Gasteiger charge is 2.44. The highest BCUT2D eigenvalue weighted by atomic mass is 16.6. The number of amides is 3. The van der Waals surface area contributed by atoms with E-state index in [1.165, 1.54) is 23.5 Å². The summed E-state index contributed by atoms with van der Waals surface area (Å²) in [5.41, 5.74) is 0.247. The number of hydrogen-bond acceptors (Lipinski definition) is 6. The van der Waals surface area contributed by atoms with Crippen LogP contribution in [0.15, 0.2) is 18.6 Å². The van der Waals surface area contributed by atoms with E-state index < -0.39 is 6.09 Å². The summed E-state index contributed by atoms with van der Waals surface area (Å²) in [6, 6.07) is -0.303. The molecule has 2 aliphatic rings. The van der Waals surface area contributed by atoms with Crippen molar-refractivity contribution in [3.63, 3.8) is 0 Å². The van der Waals surface area contributed by atoms with Crippen LogP contribution in [-0.2, 0) is 9.53 Å². The quantitative estimate of drug-likeness (QED) is 0.698. The van der Waals surface area contributed by atoms with Crippen LogP contribution in [0.4, 0.5) is 4.79 Å². The normalized spacial score (nSPS) is 19.4. The molecule has 1 aromatic heterocycles. The zero-order valence-electron chi connectivity index (χ0n) is 9.85. The summed E-state index contributed by atoms with van der Waals surface area (Å²) in [6.45, 7) is 0.389. The van der Waals surface area contributed by atoms with E-state index in [2.05, 4.69) is 14.7 Å². The Morgan fingerprint density at radius 2 is 2.11 bits per heavy atom. The standard InChI is InChI=1S/C11H10N4O4/c16-9-6-19-11(18)15(9)7-4-14(5-7)10(17)8-3-12-1-2-13-8/h1-3,7H,4-6H2. The van der Waals surface area contributed by atoms with Gasteiger partial charge >= 0.3 is 6.09 Å². The number of ether oxygens (including phenoxy) is 1. The van der Waals surface area contributed by atoms with Gasteiger partial charge in [-0.05, 0) is 0 Å². The number of hydrogen-bond donors (Lipinski definition) is 0. The fourth-order valence-electron chi connectivity index (χ4n) is 2.07. The second-order valence-corrected chi connectivity index (χ2v) is 4.27. The SMILES string of the molecule is O=C(c1cnccn1)N1CC(N2C(=O)COC2=O)C1. The van der Waals surface area contributed by atoms with Gasteiger partial charge in [0, 0.05) is 25.5 Å². The third-order valence-electron chi connectivity index (χ3n) is 3.08. The number of carbonyl (C=O) groups is 3. The Labute approximate surface area is 108 Å². The molecular weight excluding hydrogens is 252 g/mol. The molecule has 3 amide bonds. The van der Waals surface area contributed by atoms with E-state index in [0.717, 1.165) is 4.90 Å². The molecule has 98 valence electrons. The molecular formula is C11H10N4O4. The van der Waals surface area contributed by atoms with Gasteiger partial charge < -0.3 is 9.64 Å². The molecule has 0 aliphatic carbocycles. The molecule has 0 unspecified atom stereocenters.